The van der Waals surface area contributed by atoms with Gasteiger partial charge in [0.2, 0.25) is 0 Å². The summed E-state index contributed by atoms with van der Waals surface area (Å²) in [5.74, 6) is -0.785. The molecule has 1 rings (SSSR count). The van der Waals surface area contributed by atoms with E-state index in [0.29, 0.717) is 30.0 Å². The minimum Gasteiger partial charge on any atom is -0.468 e. The van der Waals surface area contributed by atoms with Crippen molar-refractivity contribution in [1.29, 1.82) is 0 Å². The summed E-state index contributed by atoms with van der Waals surface area (Å²) in [6, 6.07) is 0. The van der Waals surface area contributed by atoms with Gasteiger partial charge in [0.25, 0.3) is 5.91 Å². The first kappa shape index (κ1) is 15.0. The fraction of sp³-hybridized carbons (Fsp3) is 0.583. The molecule has 0 spiro atoms. The fourth-order valence-electron chi connectivity index (χ4n) is 1.81. The van der Waals surface area contributed by atoms with Crippen LogP contribution in [0.3, 0.4) is 0 Å². The van der Waals surface area contributed by atoms with Gasteiger partial charge in [-0.3, -0.25) is 14.3 Å². The molecular formula is C12H20N4O3. The van der Waals surface area contributed by atoms with E-state index in [4.69, 9.17) is 5.73 Å². The largest absolute Gasteiger partial charge is 0.468 e. The van der Waals surface area contributed by atoms with Crippen LogP contribution in [0.25, 0.3) is 0 Å². The van der Waals surface area contributed by atoms with E-state index >= 15 is 0 Å². The molecule has 1 heterocycles. The first-order chi connectivity index (χ1) is 8.96. The molecule has 0 aliphatic carbocycles. The highest BCUT2D eigenvalue weighted by atomic mass is 16.5. The standard InChI is InChI=1S/C12H20N4O3/c1-5-8-10(13)11(15(3)14-8)12(18)16(6-2)7-9(17)19-4/h5-7,13H2,1-4H3. The maximum absolute atomic E-state index is 12.4. The minimum absolute atomic E-state index is 0.0993. The summed E-state index contributed by atoms with van der Waals surface area (Å²) < 4.78 is 6.02. The predicted octanol–water partition coefficient (Wildman–Crippen LogP) is 0.200. The minimum atomic E-state index is -0.466. The summed E-state index contributed by atoms with van der Waals surface area (Å²) in [4.78, 5) is 25.0. The van der Waals surface area contributed by atoms with Gasteiger partial charge in [0, 0.05) is 13.6 Å². The molecule has 106 valence electrons. The second-order valence-corrected chi connectivity index (χ2v) is 4.08. The summed E-state index contributed by atoms with van der Waals surface area (Å²) in [6.45, 7) is 3.99. The van der Waals surface area contributed by atoms with Gasteiger partial charge in [-0.05, 0) is 13.3 Å². The molecule has 7 heteroatoms. The fourth-order valence-corrected chi connectivity index (χ4v) is 1.81. The second-order valence-electron chi connectivity index (χ2n) is 4.08. The number of nitrogen functional groups attached to an aromatic ring is 1. The maximum Gasteiger partial charge on any atom is 0.325 e. The number of anilines is 1. The Balaban J connectivity index is 3.04. The van der Waals surface area contributed by atoms with Gasteiger partial charge in [0.05, 0.1) is 18.5 Å². The van der Waals surface area contributed by atoms with E-state index in [-0.39, 0.29) is 12.5 Å². The summed E-state index contributed by atoms with van der Waals surface area (Å²) in [7, 11) is 2.95. The van der Waals surface area contributed by atoms with E-state index in [0.717, 1.165) is 0 Å². The van der Waals surface area contributed by atoms with Crippen LogP contribution in [-0.2, 0) is 23.0 Å². The zero-order chi connectivity index (χ0) is 14.6. The first-order valence-electron chi connectivity index (χ1n) is 6.13. The lowest BCUT2D eigenvalue weighted by Gasteiger charge is -2.19. The van der Waals surface area contributed by atoms with Crippen LogP contribution in [0.2, 0.25) is 0 Å². The van der Waals surface area contributed by atoms with E-state index in [1.807, 2.05) is 6.92 Å². The Bertz CT molecular complexity index is 482. The van der Waals surface area contributed by atoms with Crippen molar-refractivity contribution < 1.29 is 14.3 Å². The molecule has 0 aliphatic heterocycles. The number of carbonyl (C=O) groups excluding carboxylic acids is 2. The van der Waals surface area contributed by atoms with Crippen LogP contribution in [0, 0.1) is 0 Å². The van der Waals surface area contributed by atoms with E-state index in [1.165, 1.54) is 16.7 Å². The Labute approximate surface area is 112 Å². The van der Waals surface area contributed by atoms with Gasteiger partial charge in [-0.15, -0.1) is 0 Å². The average Bonchev–Trinajstić information content (AvgIpc) is 2.69. The van der Waals surface area contributed by atoms with Crippen LogP contribution in [0.1, 0.15) is 30.0 Å². The predicted molar refractivity (Wildman–Crippen MR) is 70.6 cm³/mol. The number of methoxy groups -OCH3 is 1. The van der Waals surface area contributed by atoms with Gasteiger partial charge in [-0.1, -0.05) is 6.92 Å². The first-order valence-corrected chi connectivity index (χ1v) is 6.13. The topological polar surface area (TPSA) is 90.5 Å². The molecule has 0 bridgehead atoms. The van der Waals surface area contributed by atoms with Crippen molar-refractivity contribution in [2.45, 2.75) is 20.3 Å². The number of esters is 1. The van der Waals surface area contributed by atoms with Crippen molar-refractivity contribution in [3.05, 3.63) is 11.4 Å². The van der Waals surface area contributed by atoms with Crippen LogP contribution in [0.15, 0.2) is 0 Å². The average molecular weight is 268 g/mol. The highest BCUT2D eigenvalue weighted by molar-refractivity contribution is 5.99. The van der Waals surface area contributed by atoms with Crippen LogP contribution in [0.4, 0.5) is 5.69 Å². The van der Waals surface area contributed by atoms with Crippen molar-refractivity contribution in [2.75, 3.05) is 25.9 Å². The number of hydrogen-bond donors (Lipinski definition) is 1. The number of hydrogen-bond acceptors (Lipinski definition) is 5. The molecule has 0 saturated heterocycles. The quantitative estimate of drug-likeness (QED) is 0.770. The van der Waals surface area contributed by atoms with Crippen LogP contribution in [0.5, 0.6) is 0 Å². The smallest absolute Gasteiger partial charge is 0.325 e. The monoisotopic (exact) mass is 268 g/mol. The summed E-state index contributed by atoms with van der Waals surface area (Å²) in [6.07, 6.45) is 0.649. The van der Waals surface area contributed by atoms with E-state index in [9.17, 15) is 9.59 Å². The van der Waals surface area contributed by atoms with Crippen LogP contribution >= 0.6 is 0 Å². The Morgan fingerprint density at radius 1 is 1.42 bits per heavy atom. The number of aromatic nitrogens is 2. The molecule has 1 amide bonds. The number of ether oxygens (including phenoxy) is 1. The maximum atomic E-state index is 12.4. The Kier molecular flexibility index (Phi) is 4.91. The lowest BCUT2D eigenvalue weighted by Crippen LogP contribution is -2.37. The lowest BCUT2D eigenvalue weighted by molar-refractivity contribution is -0.141. The third-order valence-corrected chi connectivity index (χ3v) is 2.91. The zero-order valence-electron chi connectivity index (χ0n) is 11.8. The van der Waals surface area contributed by atoms with Gasteiger partial charge in [0.15, 0.2) is 0 Å². The molecule has 1 aromatic heterocycles. The Hall–Kier alpha value is -2.05. The molecule has 7 nitrogen and oxygen atoms in total. The van der Waals surface area contributed by atoms with Crippen molar-refractivity contribution >= 4 is 17.6 Å². The summed E-state index contributed by atoms with van der Waals surface area (Å²) >= 11 is 0. The normalized spacial score (nSPS) is 10.3. The number of aryl methyl sites for hydroxylation is 2. The molecule has 0 radical (unpaired) electrons. The van der Waals surface area contributed by atoms with Crippen LogP contribution < -0.4 is 5.73 Å². The van der Waals surface area contributed by atoms with Gasteiger partial charge in [0.1, 0.15) is 12.2 Å². The van der Waals surface area contributed by atoms with Crippen molar-refractivity contribution in [3.8, 4) is 0 Å². The number of nitrogens with two attached hydrogens (primary N) is 1. The lowest BCUT2D eigenvalue weighted by atomic mass is 10.2. The van der Waals surface area contributed by atoms with Gasteiger partial charge in [-0.2, -0.15) is 5.10 Å². The SMILES string of the molecule is CCc1nn(C)c(C(=O)N(CC)CC(=O)OC)c1N. The molecule has 0 atom stereocenters. The van der Waals surface area contributed by atoms with Crippen LogP contribution in [-0.4, -0.2) is 46.8 Å². The van der Waals surface area contributed by atoms with E-state index in [2.05, 4.69) is 9.84 Å². The number of carbonyl (C=O) groups is 2. The highest BCUT2D eigenvalue weighted by Crippen LogP contribution is 2.18. The van der Waals surface area contributed by atoms with Crippen molar-refractivity contribution in [3.63, 3.8) is 0 Å². The molecule has 0 aromatic carbocycles. The van der Waals surface area contributed by atoms with E-state index < -0.39 is 5.97 Å². The highest BCUT2D eigenvalue weighted by Gasteiger charge is 2.24. The number of nitrogens with zero attached hydrogens (tertiary/aromatic N) is 3. The number of amides is 1. The summed E-state index contributed by atoms with van der Waals surface area (Å²) in [5.41, 5.74) is 7.29. The third kappa shape index (κ3) is 3.04. The van der Waals surface area contributed by atoms with Gasteiger partial charge in [-0.25, -0.2) is 0 Å². The molecular weight excluding hydrogens is 248 g/mol. The molecule has 1 aromatic rings. The molecule has 0 fully saturated rings. The van der Waals surface area contributed by atoms with Crippen molar-refractivity contribution in [1.82, 2.24) is 14.7 Å². The molecule has 0 saturated carbocycles. The van der Waals surface area contributed by atoms with Gasteiger partial charge >= 0.3 is 5.97 Å². The van der Waals surface area contributed by atoms with E-state index in [1.54, 1.807) is 14.0 Å². The Morgan fingerprint density at radius 3 is 2.47 bits per heavy atom. The molecule has 0 aliphatic rings. The molecule has 0 unspecified atom stereocenters. The van der Waals surface area contributed by atoms with Gasteiger partial charge < -0.3 is 15.4 Å². The molecule has 19 heavy (non-hydrogen) atoms. The number of likely N-dealkylation sites (N-methyl/N-ethyl adjacent to an activating group) is 1. The molecule has 2 N–H and O–H groups in total. The zero-order valence-corrected chi connectivity index (χ0v) is 11.8. The number of rotatable bonds is 5. The Morgan fingerprint density at radius 2 is 2.05 bits per heavy atom. The third-order valence-electron chi connectivity index (χ3n) is 2.91. The van der Waals surface area contributed by atoms with Crippen molar-refractivity contribution in [2.24, 2.45) is 7.05 Å². The summed E-state index contributed by atoms with van der Waals surface area (Å²) in [5, 5.41) is 4.19. The second kappa shape index (κ2) is 6.21.